The van der Waals surface area contributed by atoms with Crippen LogP contribution in [0, 0.1) is 0 Å². The second-order valence-electron chi connectivity index (χ2n) is 5.03. The lowest BCUT2D eigenvalue weighted by molar-refractivity contribution is 1.05. The van der Waals surface area contributed by atoms with Crippen molar-refractivity contribution >= 4 is 0 Å². The summed E-state index contributed by atoms with van der Waals surface area (Å²) in [5.74, 6) is 0. The van der Waals surface area contributed by atoms with Gasteiger partial charge in [0.2, 0.25) is 0 Å². The molecule has 0 spiro atoms. The molecule has 0 bridgehead atoms. The molecule has 4 rings (SSSR count). The van der Waals surface area contributed by atoms with Crippen LogP contribution in [0.5, 0.6) is 0 Å². The summed E-state index contributed by atoms with van der Waals surface area (Å²) < 4.78 is 0. The molecule has 2 aromatic carbocycles. The van der Waals surface area contributed by atoms with Crippen molar-refractivity contribution in [1.29, 1.82) is 0 Å². The molecule has 0 atom stereocenters. The molecule has 1 heterocycles. The van der Waals surface area contributed by atoms with Crippen molar-refractivity contribution in [1.82, 2.24) is 10.2 Å². The lowest BCUT2D eigenvalue weighted by atomic mass is 9.99. The SMILES string of the molecule is c1ccc(-c2n[nH]c(-c3ccccc3)c3cccc2-3)cc1. The molecule has 2 heteroatoms. The van der Waals surface area contributed by atoms with Gasteiger partial charge in [-0.3, -0.25) is 5.10 Å². The first-order valence-electron chi connectivity index (χ1n) is 7.01. The van der Waals surface area contributed by atoms with Crippen LogP contribution in [0.3, 0.4) is 0 Å². The fourth-order valence-corrected chi connectivity index (χ4v) is 2.72. The van der Waals surface area contributed by atoms with E-state index in [0.717, 1.165) is 22.5 Å². The molecule has 0 unspecified atom stereocenters. The van der Waals surface area contributed by atoms with E-state index in [1.165, 1.54) is 11.1 Å². The zero-order valence-corrected chi connectivity index (χ0v) is 11.5. The molecule has 0 radical (unpaired) electrons. The molecule has 2 nitrogen and oxygen atoms in total. The highest BCUT2D eigenvalue weighted by atomic mass is 15.1. The Morgan fingerprint density at radius 1 is 0.571 bits per heavy atom. The Kier molecular flexibility index (Phi) is 2.79. The monoisotopic (exact) mass is 270 g/mol. The van der Waals surface area contributed by atoms with Crippen molar-refractivity contribution in [3.63, 3.8) is 0 Å². The topological polar surface area (TPSA) is 28.7 Å². The first kappa shape index (κ1) is 11.9. The molecule has 1 aliphatic carbocycles. The Labute approximate surface area is 123 Å². The van der Waals surface area contributed by atoms with Gasteiger partial charge in [0.15, 0.2) is 0 Å². The number of fused-ring (bicyclic) bond motifs is 1. The van der Waals surface area contributed by atoms with Gasteiger partial charge in [-0.05, 0) is 0 Å². The Morgan fingerprint density at radius 3 is 1.90 bits per heavy atom. The van der Waals surface area contributed by atoms with Crippen molar-refractivity contribution in [2.45, 2.75) is 0 Å². The first-order valence-corrected chi connectivity index (χ1v) is 7.01. The standard InChI is InChI=1S/C19H14N2/c1-3-8-14(9-4-1)18-16-12-7-13-17(16)19(21-20-18)15-10-5-2-6-11-15/h1-13,20H. The number of rotatable bonds is 2. The fourth-order valence-electron chi connectivity index (χ4n) is 2.72. The number of hydrogen-bond donors (Lipinski definition) is 1. The molecule has 21 heavy (non-hydrogen) atoms. The summed E-state index contributed by atoms with van der Waals surface area (Å²) in [6.07, 6.45) is 0. The summed E-state index contributed by atoms with van der Waals surface area (Å²) in [5.41, 5.74) is 6.73. The minimum absolute atomic E-state index is 0.996. The Balaban J connectivity index is 1.93. The fraction of sp³-hybridized carbons (Fsp3) is 0. The van der Waals surface area contributed by atoms with E-state index in [-0.39, 0.29) is 0 Å². The molecule has 1 N–H and O–H groups in total. The number of H-pyrrole nitrogens is 1. The van der Waals surface area contributed by atoms with E-state index in [1.807, 2.05) is 36.4 Å². The maximum absolute atomic E-state index is 4.60. The van der Waals surface area contributed by atoms with Crippen LogP contribution in [0.1, 0.15) is 0 Å². The van der Waals surface area contributed by atoms with E-state index < -0.39 is 0 Å². The third-order valence-electron chi connectivity index (χ3n) is 3.73. The minimum Gasteiger partial charge on any atom is -0.277 e. The van der Waals surface area contributed by atoms with Gasteiger partial charge < -0.3 is 0 Å². The Bertz CT molecular complexity index is 761. The maximum atomic E-state index is 4.60. The quantitative estimate of drug-likeness (QED) is 0.554. The molecule has 0 fully saturated rings. The summed E-state index contributed by atoms with van der Waals surface area (Å²) in [5, 5.41) is 7.83. The highest BCUT2D eigenvalue weighted by Gasteiger charge is 2.16. The normalized spacial score (nSPS) is 10.9. The average molecular weight is 270 g/mol. The highest BCUT2D eigenvalue weighted by Crippen LogP contribution is 2.37. The molecule has 1 aliphatic heterocycles. The molecule has 0 amide bonds. The van der Waals surface area contributed by atoms with E-state index in [9.17, 15) is 0 Å². The van der Waals surface area contributed by atoms with Gasteiger partial charge in [0, 0.05) is 22.3 Å². The lowest BCUT2D eigenvalue weighted by Crippen LogP contribution is -1.96. The second kappa shape index (κ2) is 4.91. The van der Waals surface area contributed by atoms with Crippen LogP contribution in [0.4, 0.5) is 0 Å². The van der Waals surface area contributed by atoms with Crippen LogP contribution >= 0.6 is 0 Å². The summed E-state index contributed by atoms with van der Waals surface area (Å²) in [6, 6.07) is 26.9. The van der Waals surface area contributed by atoms with Crippen LogP contribution < -0.4 is 0 Å². The predicted octanol–water partition coefficient (Wildman–Crippen LogP) is 4.85. The van der Waals surface area contributed by atoms with E-state index >= 15 is 0 Å². The summed E-state index contributed by atoms with van der Waals surface area (Å²) >= 11 is 0. The van der Waals surface area contributed by atoms with Crippen molar-refractivity contribution in [3.05, 3.63) is 78.9 Å². The van der Waals surface area contributed by atoms with Gasteiger partial charge in [-0.15, -0.1) is 0 Å². The van der Waals surface area contributed by atoms with Crippen LogP contribution in [0.15, 0.2) is 78.9 Å². The van der Waals surface area contributed by atoms with Gasteiger partial charge in [-0.25, -0.2) is 0 Å². The third kappa shape index (κ3) is 2.01. The van der Waals surface area contributed by atoms with Gasteiger partial charge in [0.1, 0.15) is 0 Å². The van der Waals surface area contributed by atoms with E-state index in [0.29, 0.717) is 0 Å². The van der Waals surface area contributed by atoms with Crippen LogP contribution in [-0.4, -0.2) is 10.2 Å². The summed E-state index contributed by atoms with van der Waals surface area (Å²) in [4.78, 5) is 0. The van der Waals surface area contributed by atoms with Crippen molar-refractivity contribution < 1.29 is 0 Å². The van der Waals surface area contributed by atoms with Gasteiger partial charge in [-0.1, -0.05) is 78.9 Å². The number of benzene rings is 2. The largest absolute Gasteiger partial charge is 0.277 e. The molecular formula is C19H14N2. The average Bonchev–Trinajstić information content (AvgIpc) is 3.05. The third-order valence-corrected chi connectivity index (χ3v) is 3.73. The molecule has 2 aromatic rings. The molecule has 0 aromatic heterocycles. The van der Waals surface area contributed by atoms with Crippen molar-refractivity contribution in [2.24, 2.45) is 0 Å². The van der Waals surface area contributed by atoms with Gasteiger partial charge >= 0.3 is 0 Å². The maximum Gasteiger partial charge on any atom is 0.0984 e. The van der Waals surface area contributed by atoms with E-state index in [1.54, 1.807) is 0 Å². The zero-order valence-electron chi connectivity index (χ0n) is 11.5. The number of nitrogens with one attached hydrogen (secondary N) is 1. The predicted molar refractivity (Wildman–Crippen MR) is 86.1 cm³/mol. The molecule has 0 saturated heterocycles. The summed E-state index contributed by atoms with van der Waals surface area (Å²) in [7, 11) is 0. The van der Waals surface area contributed by atoms with Crippen LogP contribution in [-0.2, 0) is 0 Å². The van der Waals surface area contributed by atoms with Gasteiger partial charge in [0.25, 0.3) is 0 Å². The minimum atomic E-state index is 0.996. The Hall–Kier alpha value is -2.87. The number of nitrogens with zero attached hydrogens (tertiary/aromatic N) is 1. The van der Waals surface area contributed by atoms with E-state index in [4.69, 9.17) is 0 Å². The second-order valence-corrected chi connectivity index (χ2v) is 5.03. The van der Waals surface area contributed by atoms with Crippen molar-refractivity contribution in [3.8, 4) is 33.6 Å². The molecule has 2 aliphatic rings. The summed E-state index contributed by atoms with van der Waals surface area (Å²) in [6.45, 7) is 0. The molecule has 100 valence electrons. The smallest absolute Gasteiger partial charge is 0.0984 e. The Morgan fingerprint density at radius 2 is 1.19 bits per heavy atom. The number of aromatic nitrogens is 2. The van der Waals surface area contributed by atoms with Gasteiger partial charge in [-0.2, -0.15) is 5.10 Å². The number of aromatic amines is 1. The van der Waals surface area contributed by atoms with Crippen molar-refractivity contribution in [2.75, 3.05) is 0 Å². The molecular weight excluding hydrogens is 256 g/mol. The zero-order chi connectivity index (χ0) is 14.1. The van der Waals surface area contributed by atoms with Gasteiger partial charge in [0.05, 0.1) is 11.4 Å². The van der Waals surface area contributed by atoms with E-state index in [2.05, 4.69) is 52.7 Å². The lowest BCUT2D eigenvalue weighted by Gasteiger charge is -2.12. The van der Waals surface area contributed by atoms with Crippen LogP contribution in [0.25, 0.3) is 33.6 Å². The van der Waals surface area contributed by atoms with Crippen LogP contribution in [0.2, 0.25) is 0 Å². The first-order chi connectivity index (χ1) is 10.4. The highest BCUT2D eigenvalue weighted by molar-refractivity contribution is 5.90. The number of hydrogen-bond acceptors (Lipinski definition) is 1. The molecule has 0 saturated carbocycles.